The summed E-state index contributed by atoms with van der Waals surface area (Å²) in [7, 11) is 2.96. The normalized spacial score (nSPS) is 11.9. The van der Waals surface area contributed by atoms with E-state index in [9.17, 15) is 13.2 Å². The molecule has 5 heteroatoms. The van der Waals surface area contributed by atoms with E-state index in [1.807, 2.05) is 0 Å². The van der Waals surface area contributed by atoms with Crippen LogP contribution >= 0.6 is 0 Å². The molecule has 0 saturated carbocycles. The SMILES string of the molecule is COc1ccc(C(c2ccccc2)(c2ccc(OC)cc2)C(F)(F)F)cc1. The lowest BCUT2D eigenvalue weighted by atomic mass is 9.69. The largest absolute Gasteiger partial charge is 0.497 e. The average Bonchev–Trinajstić information content (AvgIpc) is 2.69. The summed E-state index contributed by atoms with van der Waals surface area (Å²) in [5.41, 5.74) is -1.93. The second-order valence-electron chi connectivity index (χ2n) is 6.07. The molecular weight excluding hydrogens is 353 g/mol. The third kappa shape index (κ3) is 3.25. The molecule has 0 radical (unpaired) electrons. The molecule has 3 rings (SSSR count). The number of methoxy groups -OCH3 is 2. The summed E-state index contributed by atoms with van der Waals surface area (Å²) in [5, 5.41) is 0. The standard InChI is InChI=1S/C22H19F3O2/c1-26-19-12-8-17(9-13-19)21(22(23,24)25,16-6-4-3-5-7-16)18-10-14-20(27-2)15-11-18/h3-15H,1-2H3. The summed E-state index contributed by atoms with van der Waals surface area (Å²) in [6, 6.07) is 20.0. The van der Waals surface area contributed by atoms with Crippen LogP contribution in [0.3, 0.4) is 0 Å². The van der Waals surface area contributed by atoms with Crippen LogP contribution in [-0.4, -0.2) is 20.4 Å². The second-order valence-corrected chi connectivity index (χ2v) is 6.07. The maximum Gasteiger partial charge on any atom is 0.406 e. The molecule has 0 bridgehead atoms. The highest BCUT2D eigenvalue weighted by molar-refractivity contribution is 5.54. The molecule has 0 N–H and O–H groups in total. The Morgan fingerprint density at radius 3 is 1.26 bits per heavy atom. The minimum absolute atomic E-state index is 0.118. The summed E-state index contributed by atoms with van der Waals surface area (Å²) < 4.78 is 54.4. The van der Waals surface area contributed by atoms with E-state index in [1.54, 1.807) is 42.5 Å². The molecule has 0 aliphatic carbocycles. The Balaban J connectivity index is 2.34. The Labute approximate surface area is 156 Å². The van der Waals surface area contributed by atoms with Gasteiger partial charge in [-0.2, -0.15) is 13.2 Å². The zero-order chi connectivity index (χ0) is 19.5. The predicted molar refractivity (Wildman–Crippen MR) is 98.4 cm³/mol. The Morgan fingerprint density at radius 1 is 0.556 bits per heavy atom. The van der Waals surface area contributed by atoms with Crippen LogP contribution in [0.4, 0.5) is 13.2 Å². The molecule has 3 aromatic carbocycles. The van der Waals surface area contributed by atoms with Crippen molar-refractivity contribution in [3.05, 3.63) is 95.6 Å². The topological polar surface area (TPSA) is 18.5 Å². The van der Waals surface area contributed by atoms with Crippen LogP contribution in [0.5, 0.6) is 11.5 Å². The van der Waals surface area contributed by atoms with Crippen molar-refractivity contribution in [1.82, 2.24) is 0 Å². The van der Waals surface area contributed by atoms with Gasteiger partial charge in [-0.1, -0.05) is 54.6 Å². The van der Waals surface area contributed by atoms with E-state index in [-0.39, 0.29) is 16.7 Å². The third-order valence-electron chi connectivity index (χ3n) is 4.68. The van der Waals surface area contributed by atoms with Crippen molar-refractivity contribution in [1.29, 1.82) is 0 Å². The Kier molecular flexibility index (Phi) is 5.13. The molecule has 2 nitrogen and oxygen atoms in total. The highest BCUT2D eigenvalue weighted by Gasteiger charge is 2.58. The second kappa shape index (κ2) is 7.35. The molecule has 0 unspecified atom stereocenters. The number of alkyl halides is 3. The van der Waals surface area contributed by atoms with Gasteiger partial charge >= 0.3 is 6.18 Å². The fourth-order valence-corrected chi connectivity index (χ4v) is 3.36. The van der Waals surface area contributed by atoms with Gasteiger partial charge in [0, 0.05) is 0 Å². The van der Waals surface area contributed by atoms with E-state index in [4.69, 9.17) is 9.47 Å². The van der Waals surface area contributed by atoms with Gasteiger partial charge in [0.25, 0.3) is 0 Å². The average molecular weight is 372 g/mol. The Morgan fingerprint density at radius 2 is 0.926 bits per heavy atom. The van der Waals surface area contributed by atoms with Gasteiger partial charge in [0.05, 0.1) is 14.2 Å². The van der Waals surface area contributed by atoms with Gasteiger partial charge in [-0.25, -0.2) is 0 Å². The molecule has 0 atom stereocenters. The summed E-state index contributed by atoms with van der Waals surface area (Å²) in [6.45, 7) is 0. The molecule has 0 aliphatic rings. The lowest BCUT2D eigenvalue weighted by molar-refractivity contribution is -0.166. The van der Waals surface area contributed by atoms with Crippen molar-refractivity contribution in [2.45, 2.75) is 11.6 Å². The lowest BCUT2D eigenvalue weighted by Crippen LogP contribution is -2.44. The molecule has 0 heterocycles. The minimum atomic E-state index is -4.57. The number of hydrogen-bond donors (Lipinski definition) is 0. The maximum atomic E-state index is 14.7. The van der Waals surface area contributed by atoms with Crippen LogP contribution in [0.25, 0.3) is 0 Å². The van der Waals surface area contributed by atoms with Gasteiger partial charge < -0.3 is 9.47 Å². The van der Waals surface area contributed by atoms with Crippen molar-refractivity contribution in [3.8, 4) is 11.5 Å². The first-order chi connectivity index (χ1) is 12.9. The van der Waals surface area contributed by atoms with Crippen LogP contribution in [0.2, 0.25) is 0 Å². The number of benzene rings is 3. The van der Waals surface area contributed by atoms with Crippen LogP contribution in [0.15, 0.2) is 78.9 Å². The lowest BCUT2D eigenvalue weighted by Gasteiger charge is -2.37. The Hall–Kier alpha value is -2.95. The van der Waals surface area contributed by atoms with E-state index >= 15 is 0 Å². The van der Waals surface area contributed by atoms with Gasteiger partial charge in [-0.15, -0.1) is 0 Å². The van der Waals surface area contributed by atoms with Crippen molar-refractivity contribution in [3.63, 3.8) is 0 Å². The zero-order valence-corrected chi connectivity index (χ0v) is 15.0. The molecule has 140 valence electrons. The number of hydrogen-bond acceptors (Lipinski definition) is 2. The smallest absolute Gasteiger partial charge is 0.406 e. The number of rotatable bonds is 5. The van der Waals surface area contributed by atoms with E-state index in [2.05, 4.69) is 0 Å². The highest BCUT2D eigenvalue weighted by Crippen LogP contribution is 2.51. The maximum absolute atomic E-state index is 14.7. The molecule has 0 aromatic heterocycles. The third-order valence-corrected chi connectivity index (χ3v) is 4.68. The Bertz CT molecular complexity index is 823. The van der Waals surface area contributed by atoms with Gasteiger partial charge in [0.15, 0.2) is 0 Å². The van der Waals surface area contributed by atoms with Crippen LogP contribution in [0, 0.1) is 0 Å². The first-order valence-corrected chi connectivity index (χ1v) is 8.35. The molecular formula is C22H19F3O2. The van der Waals surface area contributed by atoms with E-state index in [1.165, 1.54) is 50.6 Å². The van der Waals surface area contributed by atoms with E-state index < -0.39 is 11.6 Å². The van der Waals surface area contributed by atoms with Crippen molar-refractivity contribution in [2.24, 2.45) is 0 Å². The summed E-state index contributed by atoms with van der Waals surface area (Å²) in [6.07, 6.45) is -4.57. The summed E-state index contributed by atoms with van der Waals surface area (Å²) in [4.78, 5) is 0. The number of ether oxygens (including phenoxy) is 2. The van der Waals surface area contributed by atoms with Gasteiger partial charge in [0.1, 0.15) is 16.9 Å². The molecule has 3 aromatic rings. The van der Waals surface area contributed by atoms with Gasteiger partial charge in [-0.3, -0.25) is 0 Å². The zero-order valence-electron chi connectivity index (χ0n) is 15.0. The minimum Gasteiger partial charge on any atom is -0.497 e. The first kappa shape index (κ1) is 18.8. The first-order valence-electron chi connectivity index (χ1n) is 8.35. The fraction of sp³-hybridized carbons (Fsp3) is 0.182. The predicted octanol–water partition coefficient (Wildman–Crippen LogP) is 5.60. The van der Waals surface area contributed by atoms with E-state index in [0.29, 0.717) is 11.5 Å². The van der Waals surface area contributed by atoms with Gasteiger partial charge in [-0.05, 0) is 41.0 Å². The van der Waals surface area contributed by atoms with Gasteiger partial charge in [0.2, 0.25) is 0 Å². The molecule has 0 spiro atoms. The fourth-order valence-electron chi connectivity index (χ4n) is 3.36. The quantitative estimate of drug-likeness (QED) is 0.543. The monoisotopic (exact) mass is 372 g/mol. The molecule has 0 aliphatic heterocycles. The van der Waals surface area contributed by atoms with Crippen molar-refractivity contribution >= 4 is 0 Å². The van der Waals surface area contributed by atoms with Crippen LogP contribution < -0.4 is 9.47 Å². The van der Waals surface area contributed by atoms with Crippen LogP contribution in [0.1, 0.15) is 16.7 Å². The summed E-state index contributed by atoms with van der Waals surface area (Å²) >= 11 is 0. The van der Waals surface area contributed by atoms with Crippen molar-refractivity contribution in [2.75, 3.05) is 14.2 Å². The highest BCUT2D eigenvalue weighted by atomic mass is 19.4. The van der Waals surface area contributed by atoms with Crippen molar-refractivity contribution < 1.29 is 22.6 Å². The number of halogens is 3. The molecule has 0 amide bonds. The summed E-state index contributed by atoms with van der Waals surface area (Å²) in [5.74, 6) is 0.996. The molecule has 27 heavy (non-hydrogen) atoms. The molecule has 0 saturated heterocycles. The van der Waals surface area contributed by atoms with E-state index in [0.717, 1.165) is 0 Å². The molecule has 0 fully saturated rings. The van der Waals surface area contributed by atoms with Crippen LogP contribution in [-0.2, 0) is 5.41 Å².